The van der Waals surface area contributed by atoms with E-state index in [-0.39, 0.29) is 11.0 Å². The van der Waals surface area contributed by atoms with Crippen LogP contribution in [0.5, 0.6) is 0 Å². The van der Waals surface area contributed by atoms with Gasteiger partial charge >= 0.3 is 0 Å². The predicted molar refractivity (Wildman–Crippen MR) is 114 cm³/mol. The van der Waals surface area contributed by atoms with Crippen LogP contribution in [-0.4, -0.2) is 30.8 Å². The number of nitrogens with zero attached hydrogens (tertiary/aromatic N) is 4. The number of amides is 1. The number of thiocarbonyl (C=S) groups is 1. The number of carbonyl (C=O) groups is 1. The SMILES string of the molecule is Cc1cccc(C(=O)NC(=S)Nc2ccccc2-c2nn3c(C)nnc3s2)c1. The van der Waals surface area contributed by atoms with Gasteiger partial charge in [-0.3, -0.25) is 10.1 Å². The zero-order valence-corrected chi connectivity index (χ0v) is 16.8. The number of para-hydroxylation sites is 1. The minimum atomic E-state index is -0.256. The van der Waals surface area contributed by atoms with Crippen molar-refractivity contribution in [2.45, 2.75) is 13.8 Å². The van der Waals surface area contributed by atoms with Crippen LogP contribution in [0.1, 0.15) is 21.7 Å². The second-order valence-electron chi connectivity index (χ2n) is 6.17. The summed E-state index contributed by atoms with van der Waals surface area (Å²) >= 11 is 6.77. The van der Waals surface area contributed by atoms with Crippen LogP contribution >= 0.6 is 23.6 Å². The van der Waals surface area contributed by atoms with E-state index in [9.17, 15) is 4.79 Å². The normalized spacial score (nSPS) is 10.8. The molecule has 0 spiro atoms. The Morgan fingerprint density at radius 3 is 2.71 bits per heavy atom. The summed E-state index contributed by atoms with van der Waals surface area (Å²) in [5.41, 5.74) is 3.18. The molecule has 0 fully saturated rings. The highest BCUT2D eigenvalue weighted by molar-refractivity contribution is 7.80. The highest BCUT2D eigenvalue weighted by Crippen LogP contribution is 2.31. The molecular weight excluding hydrogens is 392 g/mol. The summed E-state index contributed by atoms with van der Waals surface area (Å²) in [7, 11) is 0. The monoisotopic (exact) mass is 408 g/mol. The molecule has 0 aliphatic heterocycles. The maximum absolute atomic E-state index is 12.4. The topological polar surface area (TPSA) is 84.2 Å². The number of hydrogen-bond acceptors (Lipinski definition) is 6. The first-order valence-electron chi connectivity index (χ1n) is 8.48. The van der Waals surface area contributed by atoms with Gasteiger partial charge in [-0.05, 0) is 50.3 Å². The highest BCUT2D eigenvalue weighted by Gasteiger charge is 2.15. The van der Waals surface area contributed by atoms with Crippen LogP contribution in [0.15, 0.2) is 48.5 Å². The third kappa shape index (κ3) is 3.62. The fourth-order valence-corrected chi connectivity index (χ4v) is 3.84. The lowest BCUT2D eigenvalue weighted by Gasteiger charge is -2.12. The van der Waals surface area contributed by atoms with Crippen LogP contribution in [0.3, 0.4) is 0 Å². The second kappa shape index (κ2) is 7.45. The van der Waals surface area contributed by atoms with Crippen molar-refractivity contribution >= 4 is 45.2 Å². The number of rotatable bonds is 3. The van der Waals surface area contributed by atoms with Crippen LogP contribution in [0.2, 0.25) is 0 Å². The van der Waals surface area contributed by atoms with E-state index >= 15 is 0 Å². The molecule has 9 heteroatoms. The van der Waals surface area contributed by atoms with E-state index in [0.29, 0.717) is 5.56 Å². The summed E-state index contributed by atoms with van der Waals surface area (Å²) in [6, 6.07) is 15.0. The van der Waals surface area contributed by atoms with Crippen LogP contribution in [0, 0.1) is 13.8 Å². The molecule has 4 aromatic rings. The van der Waals surface area contributed by atoms with Gasteiger partial charge in [0.15, 0.2) is 10.9 Å². The van der Waals surface area contributed by atoms with Crippen molar-refractivity contribution in [3.05, 3.63) is 65.5 Å². The molecule has 0 saturated heterocycles. The van der Waals surface area contributed by atoms with Gasteiger partial charge in [0, 0.05) is 11.1 Å². The molecule has 0 radical (unpaired) electrons. The summed E-state index contributed by atoms with van der Waals surface area (Å²) in [6.45, 7) is 3.79. The molecule has 140 valence electrons. The molecule has 1 amide bonds. The van der Waals surface area contributed by atoms with Crippen LogP contribution in [-0.2, 0) is 0 Å². The molecule has 0 atom stereocenters. The number of hydrogen-bond donors (Lipinski definition) is 2. The van der Waals surface area contributed by atoms with Crippen LogP contribution in [0.4, 0.5) is 5.69 Å². The fourth-order valence-electron chi connectivity index (χ4n) is 2.72. The van der Waals surface area contributed by atoms with E-state index in [1.165, 1.54) is 11.3 Å². The maximum atomic E-state index is 12.4. The molecular formula is C19H16N6OS2. The Morgan fingerprint density at radius 1 is 1.11 bits per heavy atom. The Labute approximate surface area is 170 Å². The standard InChI is InChI=1S/C19H16N6OS2/c1-11-6-5-7-13(10-11)16(26)21-18(27)20-15-9-4-3-8-14(15)17-24-25-12(2)22-23-19(25)28-17/h3-10H,1-2H3,(H2,20,21,26,27). The van der Waals surface area contributed by atoms with Gasteiger partial charge in [-0.2, -0.15) is 9.61 Å². The number of carbonyl (C=O) groups excluding carboxylic acids is 1. The lowest BCUT2D eigenvalue weighted by molar-refractivity contribution is 0.0977. The number of nitrogens with one attached hydrogen (secondary N) is 2. The minimum absolute atomic E-state index is 0.220. The number of fused-ring (bicyclic) bond motifs is 1. The van der Waals surface area contributed by atoms with Gasteiger partial charge in [0.05, 0.1) is 5.69 Å². The van der Waals surface area contributed by atoms with Gasteiger partial charge < -0.3 is 5.32 Å². The van der Waals surface area contributed by atoms with Crippen molar-refractivity contribution in [2.75, 3.05) is 5.32 Å². The molecule has 7 nitrogen and oxygen atoms in total. The first-order chi connectivity index (χ1) is 13.5. The average molecular weight is 409 g/mol. The third-order valence-corrected chi connectivity index (χ3v) is 5.20. The molecule has 0 saturated carbocycles. The van der Waals surface area contributed by atoms with Crippen molar-refractivity contribution in [1.82, 2.24) is 25.1 Å². The summed E-state index contributed by atoms with van der Waals surface area (Å²) in [5.74, 6) is 0.469. The summed E-state index contributed by atoms with van der Waals surface area (Å²) in [5, 5.41) is 19.5. The third-order valence-electron chi connectivity index (χ3n) is 4.06. The second-order valence-corrected chi connectivity index (χ2v) is 7.54. The van der Waals surface area contributed by atoms with Crippen molar-refractivity contribution in [1.29, 1.82) is 0 Å². The Kier molecular flexibility index (Phi) is 4.84. The van der Waals surface area contributed by atoms with Crippen LogP contribution < -0.4 is 10.6 Å². The minimum Gasteiger partial charge on any atom is -0.332 e. The fraction of sp³-hybridized carbons (Fsp3) is 0.105. The molecule has 4 rings (SSSR count). The molecule has 2 aromatic heterocycles. The van der Waals surface area contributed by atoms with Crippen molar-refractivity contribution in [3.63, 3.8) is 0 Å². The highest BCUT2D eigenvalue weighted by atomic mass is 32.1. The quantitative estimate of drug-likeness (QED) is 0.504. The lowest BCUT2D eigenvalue weighted by Crippen LogP contribution is -2.34. The first kappa shape index (κ1) is 18.2. The van der Waals surface area contributed by atoms with Crippen molar-refractivity contribution in [2.24, 2.45) is 0 Å². The van der Waals surface area contributed by atoms with Gasteiger partial charge in [-0.15, -0.1) is 10.2 Å². The van der Waals surface area contributed by atoms with Gasteiger partial charge in [-0.25, -0.2) is 0 Å². The van der Waals surface area contributed by atoms with Crippen LogP contribution in [0.25, 0.3) is 15.5 Å². The summed E-state index contributed by atoms with van der Waals surface area (Å²) in [4.78, 5) is 13.1. The number of aromatic nitrogens is 4. The van der Waals surface area contributed by atoms with E-state index < -0.39 is 0 Å². The molecule has 0 aliphatic rings. The Morgan fingerprint density at radius 2 is 1.93 bits per heavy atom. The largest absolute Gasteiger partial charge is 0.332 e. The zero-order valence-electron chi connectivity index (χ0n) is 15.1. The van der Waals surface area contributed by atoms with E-state index in [2.05, 4.69) is 25.9 Å². The number of benzene rings is 2. The summed E-state index contributed by atoms with van der Waals surface area (Å²) < 4.78 is 1.70. The molecule has 2 aromatic carbocycles. The Balaban J connectivity index is 1.55. The summed E-state index contributed by atoms with van der Waals surface area (Å²) in [6.07, 6.45) is 0. The average Bonchev–Trinajstić information content (AvgIpc) is 3.24. The number of anilines is 1. The molecule has 2 heterocycles. The smallest absolute Gasteiger partial charge is 0.257 e. The molecule has 0 bridgehead atoms. The molecule has 2 N–H and O–H groups in total. The Bertz CT molecular complexity index is 1200. The van der Waals surface area contributed by atoms with E-state index in [0.717, 1.165) is 32.6 Å². The zero-order chi connectivity index (χ0) is 19.7. The van der Waals surface area contributed by atoms with Gasteiger partial charge in [-0.1, -0.05) is 41.2 Å². The van der Waals surface area contributed by atoms with Gasteiger partial charge in [0.1, 0.15) is 5.01 Å². The van der Waals surface area contributed by atoms with E-state index in [1.807, 2.05) is 56.3 Å². The van der Waals surface area contributed by atoms with Crippen molar-refractivity contribution < 1.29 is 4.79 Å². The van der Waals surface area contributed by atoms with E-state index in [1.54, 1.807) is 10.6 Å². The van der Waals surface area contributed by atoms with Gasteiger partial charge in [0.25, 0.3) is 5.91 Å². The molecule has 0 aliphatic carbocycles. The molecule has 0 unspecified atom stereocenters. The van der Waals surface area contributed by atoms with E-state index in [4.69, 9.17) is 12.2 Å². The maximum Gasteiger partial charge on any atom is 0.257 e. The van der Waals surface area contributed by atoms with Gasteiger partial charge in [0.2, 0.25) is 4.96 Å². The van der Waals surface area contributed by atoms with Crippen molar-refractivity contribution in [3.8, 4) is 10.6 Å². The predicted octanol–water partition coefficient (Wildman–Crippen LogP) is 3.60. The molecule has 28 heavy (non-hydrogen) atoms. The first-order valence-corrected chi connectivity index (χ1v) is 9.71. The number of aryl methyl sites for hydroxylation is 2. The lowest BCUT2D eigenvalue weighted by atomic mass is 10.1. The Hall–Kier alpha value is -3.17.